The fourth-order valence-corrected chi connectivity index (χ4v) is 4.12. The van der Waals surface area contributed by atoms with Gasteiger partial charge in [-0.25, -0.2) is 0 Å². The number of hydrogen-bond acceptors (Lipinski definition) is 6. The quantitative estimate of drug-likeness (QED) is 0.518. The number of rotatable bonds is 4. The van der Waals surface area contributed by atoms with Gasteiger partial charge in [0.25, 0.3) is 0 Å². The second-order valence-corrected chi connectivity index (χ2v) is 7.80. The maximum Gasteiger partial charge on any atom is 0.418 e. The summed E-state index contributed by atoms with van der Waals surface area (Å²) in [4.78, 5) is 5.89. The Balaban J connectivity index is 1.69. The number of benzene rings is 1. The van der Waals surface area contributed by atoms with Crippen LogP contribution >= 0.6 is 15.9 Å². The van der Waals surface area contributed by atoms with Crippen LogP contribution in [0, 0.1) is 11.3 Å². The minimum atomic E-state index is -4.60. The van der Waals surface area contributed by atoms with Gasteiger partial charge in [0.05, 0.1) is 29.3 Å². The molecule has 30 heavy (non-hydrogen) atoms. The number of fused-ring (bicyclic) bond motifs is 1. The van der Waals surface area contributed by atoms with E-state index in [0.717, 1.165) is 4.47 Å². The summed E-state index contributed by atoms with van der Waals surface area (Å²) in [6.45, 7) is 2.08. The largest absolute Gasteiger partial charge is 0.419 e. The summed E-state index contributed by atoms with van der Waals surface area (Å²) in [6, 6.07) is 6.06. The molecule has 1 aliphatic heterocycles. The molecule has 0 aliphatic carbocycles. The van der Waals surface area contributed by atoms with Crippen molar-refractivity contribution in [2.75, 3.05) is 4.90 Å². The fourth-order valence-electron chi connectivity index (χ4n) is 3.76. The fraction of sp³-hybridized carbons (Fsp3) is 0.300. The van der Waals surface area contributed by atoms with E-state index in [1.807, 2.05) is 11.8 Å². The highest BCUT2D eigenvalue weighted by Gasteiger charge is 2.42. The smallest absolute Gasteiger partial charge is 0.418 e. The minimum Gasteiger partial charge on any atom is -0.419 e. The lowest BCUT2D eigenvalue weighted by atomic mass is 9.97. The first-order chi connectivity index (χ1) is 14.3. The predicted octanol–water partition coefficient (Wildman–Crippen LogP) is 5.13. The predicted molar refractivity (Wildman–Crippen MR) is 105 cm³/mol. The molecule has 0 fully saturated rings. The molecule has 1 aromatic carbocycles. The third-order valence-electron chi connectivity index (χ3n) is 5.08. The second-order valence-electron chi connectivity index (χ2n) is 6.88. The lowest BCUT2D eigenvalue weighted by molar-refractivity contribution is -0.138. The van der Waals surface area contributed by atoms with E-state index in [1.54, 1.807) is 30.6 Å². The van der Waals surface area contributed by atoms with Gasteiger partial charge in [-0.1, -0.05) is 6.92 Å². The van der Waals surface area contributed by atoms with E-state index in [9.17, 15) is 13.2 Å². The van der Waals surface area contributed by atoms with Crippen LogP contribution in [-0.4, -0.2) is 21.2 Å². The Morgan fingerprint density at radius 1 is 1.30 bits per heavy atom. The highest BCUT2D eigenvalue weighted by atomic mass is 79.9. The number of anilines is 1. The van der Waals surface area contributed by atoms with Crippen molar-refractivity contribution in [3.8, 4) is 17.5 Å². The van der Waals surface area contributed by atoms with Crippen molar-refractivity contribution in [2.24, 2.45) is 0 Å². The molecule has 6 nitrogen and oxygen atoms in total. The molecule has 0 spiro atoms. The molecule has 0 saturated heterocycles. The van der Waals surface area contributed by atoms with Crippen LogP contribution in [0.3, 0.4) is 0 Å². The molecular weight excluding hydrogens is 463 g/mol. The molecule has 0 N–H and O–H groups in total. The molecule has 0 saturated carbocycles. The van der Waals surface area contributed by atoms with Gasteiger partial charge in [-0.15, -0.1) is 10.2 Å². The van der Waals surface area contributed by atoms with E-state index in [2.05, 4.69) is 31.1 Å². The maximum absolute atomic E-state index is 13.7. The highest BCUT2D eigenvalue weighted by Crippen LogP contribution is 2.44. The Bertz CT molecular complexity index is 1140. The summed E-state index contributed by atoms with van der Waals surface area (Å²) in [6.07, 6.45) is -0.560. The van der Waals surface area contributed by atoms with Gasteiger partial charge in [0.15, 0.2) is 0 Å². The van der Waals surface area contributed by atoms with Crippen molar-refractivity contribution in [3.63, 3.8) is 0 Å². The summed E-state index contributed by atoms with van der Waals surface area (Å²) < 4.78 is 47.5. The molecule has 0 amide bonds. The first kappa shape index (κ1) is 20.3. The first-order valence-electron chi connectivity index (χ1n) is 9.15. The van der Waals surface area contributed by atoms with Gasteiger partial charge in [-0.05, 0) is 52.5 Å². The normalized spacial score (nSPS) is 15.9. The third kappa shape index (κ3) is 3.65. The summed E-state index contributed by atoms with van der Waals surface area (Å²) in [5.74, 6) is 0.566. The molecule has 10 heteroatoms. The standard InChI is InChI=1S/C20H15BrF3N5O/c1-2-14-6-15-16(4-3-11(7-25)18(15)20(22,23)24)29(14)10-17-27-28-19(30-17)12-5-13(21)9-26-8-12/h3-5,8-9,14H,2,6,10H2,1H3. The Kier molecular flexibility index (Phi) is 5.24. The van der Waals surface area contributed by atoms with E-state index in [0.29, 0.717) is 17.7 Å². The van der Waals surface area contributed by atoms with Gasteiger partial charge >= 0.3 is 6.18 Å². The molecule has 1 aliphatic rings. The van der Waals surface area contributed by atoms with Crippen molar-refractivity contribution in [3.05, 3.63) is 57.6 Å². The topological polar surface area (TPSA) is 78.8 Å². The SMILES string of the molecule is CCC1Cc2c(ccc(C#N)c2C(F)(F)F)N1Cc1nnc(-c2cncc(Br)c2)o1. The molecule has 0 bridgehead atoms. The van der Waals surface area contributed by atoms with E-state index in [4.69, 9.17) is 9.68 Å². The summed E-state index contributed by atoms with van der Waals surface area (Å²) in [5.41, 5.74) is 0.00597. The maximum atomic E-state index is 13.7. The molecule has 0 radical (unpaired) electrons. The average Bonchev–Trinajstić information content (AvgIpc) is 3.31. The zero-order valence-electron chi connectivity index (χ0n) is 15.7. The Morgan fingerprint density at radius 2 is 2.10 bits per heavy atom. The van der Waals surface area contributed by atoms with Crippen LogP contribution in [-0.2, 0) is 19.1 Å². The molecule has 3 aromatic rings. The van der Waals surface area contributed by atoms with Gasteiger partial charge in [-0.3, -0.25) is 4.98 Å². The molecule has 4 rings (SSSR count). The molecular formula is C20H15BrF3N5O. The van der Waals surface area contributed by atoms with Crippen LogP contribution in [0.1, 0.15) is 35.9 Å². The third-order valence-corrected chi connectivity index (χ3v) is 5.51. The minimum absolute atomic E-state index is 0.143. The molecule has 2 aromatic heterocycles. The molecule has 154 valence electrons. The van der Waals surface area contributed by atoms with Gasteiger partial charge in [0, 0.05) is 28.6 Å². The van der Waals surface area contributed by atoms with E-state index in [-0.39, 0.29) is 41.9 Å². The zero-order chi connectivity index (χ0) is 21.5. The molecule has 1 atom stereocenters. The van der Waals surface area contributed by atoms with Crippen LogP contribution in [0.2, 0.25) is 0 Å². The summed E-state index contributed by atoms with van der Waals surface area (Å²) in [5, 5.41) is 17.3. The van der Waals surface area contributed by atoms with Crippen LogP contribution < -0.4 is 4.90 Å². The number of hydrogen-bond donors (Lipinski definition) is 0. The number of alkyl halides is 3. The number of nitriles is 1. The number of nitrogens with zero attached hydrogens (tertiary/aromatic N) is 5. The van der Waals surface area contributed by atoms with Crippen molar-refractivity contribution >= 4 is 21.6 Å². The van der Waals surface area contributed by atoms with Gasteiger partial charge < -0.3 is 9.32 Å². The van der Waals surface area contributed by atoms with Crippen molar-refractivity contribution < 1.29 is 17.6 Å². The number of aromatic nitrogens is 3. The van der Waals surface area contributed by atoms with Gasteiger partial charge in [-0.2, -0.15) is 18.4 Å². The Hall–Kier alpha value is -2.93. The van der Waals surface area contributed by atoms with Crippen LogP contribution in [0.5, 0.6) is 0 Å². The summed E-state index contributed by atoms with van der Waals surface area (Å²) >= 11 is 3.33. The van der Waals surface area contributed by atoms with Crippen molar-refractivity contribution in [1.29, 1.82) is 5.26 Å². The summed E-state index contributed by atoms with van der Waals surface area (Å²) in [7, 11) is 0. The number of halogens is 4. The molecule has 3 heterocycles. The Morgan fingerprint density at radius 3 is 2.77 bits per heavy atom. The van der Waals surface area contributed by atoms with Crippen molar-refractivity contribution in [2.45, 2.75) is 38.5 Å². The number of pyridine rings is 1. The van der Waals surface area contributed by atoms with Crippen LogP contribution in [0.15, 0.2) is 39.5 Å². The monoisotopic (exact) mass is 477 g/mol. The Labute approximate surface area is 178 Å². The van der Waals surface area contributed by atoms with E-state index < -0.39 is 11.7 Å². The zero-order valence-corrected chi connectivity index (χ0v) is 17.3. The van der Waals surface area contributed by atoms with Gasteiger partial charge in [0.1, 0.15) is 0 Å². The van der Waals surface area contributed by atoms with Crippen molar-refractivity contribution in [1.82, 2.24) is 15.2 Å². The first-order valence-corrected chi connectivity index (χ1v) is 9.94. The van der Waals surface area contributed by atoms with Crippen LogP contribution in [0.4, 0.5) is 18.9 Å². The lowest BCUT2D eigenvalue weighted by Gasteiger charge is -2.25. The lowest BCUT2D eigenvalue weighted by Crippen LogP contribution is -2.30. The molecule has 1 unspecified atom stereocenters. The second kappa shape index (κ2) is 7.72. The van der Waals surface area contributed by atoms with E-state index in [1.165, 1.54) is 6.07 Å². The average molecular weight is 478 g/mol. The van der Waals surface area contributed by atoms with Gasteiger partial charge in [0.2, 0.25) is 11.8 Å². The highest BCUT2D eigenvalue weighted by molar-refractivity contribution is 9.10. The van der Waals surface area contributed by atoms with Crippen LogP contribution in [0.25, 0.3) is 11.5 Å². The van der Waals surface area contributed by atoms with E-state index >= 15 is 0 Å².